The van der Waals surface area contributed by atoms with Crippen molar-refractivity contribution < 1.29 is 9.90 Å². The van der Waals surface area contributed by atoms with Crippen LogP contribution in [-0.4, -0.2) is 17.2 Å². The number of aliphatic hydroxyl groups is 1. The predicted molar refractivity (Wildman–Crippen MR) is 87.7 cm³/mol. The number of hydrazone groups is 1. The molecule has 0 aliphatic heterocycles. The summed E-state index contributed by atoms with van der Waals surface area (Å²) >= 11 is 0. The van der Waals surface area contributed by atoms with Gasteiger partial charge in [-0.2, -0.15) is 5.10 Å². The third-order valence-electron chi connectivity index (χ3n) is 3.36. The van der Waals surface area contributed by atoms with Crippen LogP contribution in [0, 0.1) is 0 Å². The fourth-order valence-electron chi connectivity index (χ4n) is 1.99. The van der Waals surface area contributed by atoms with Crippen LogP contribution in [0.1, 0.15) is 42.6 Å². The van der Waals surface area contributed by atoms with Crippen molar-refractivity contribution in [3.05, 3.63) is 71.3 Å². The van der Waals surface area contributed by atoms with E-state index in [1.165, 1.54) is 5.56 Å². The largest absolute Gasteiger partial charge is 0.378 e. The molecule has 2 aromatic rings. The Balaban J connectivity index is 1.93. The summed E-state index contributed by atoms with van der Waals surface area (Å²) in [5.74, 6) is -0.0760. The predicted octanol–water partition coefficient (Wildman–Crippen LogP) is 2.99. The number of aliphatic hydroxyl groups excluding tert-OH is 1. The number of carbonyl (C=O) groups excluding carboxylic acids is 1. The Bertz CT molecular complexity index is 634. The van der Waals surface area contributed by atoms with Gasteiger partial charge in [0.2, 0.25) is 0 Å². The summed E-state index contributed by atoms with van der Waals surface area (Å²) in [4.78, 5) is 11.8. The Morgan fingerprint density at radius 3 is 2.27 bits per heavy atom. The van der Waals surface area contributed by atoms with Crippen molar-refractivity contribution in [2.24, 2.45) is 5.10 Å². The summed E-state index contributed by atoms with van der Waals surface area (Å²) in [5.41, 5.74) is 5.02. The van der Waals surface area contributed by atoms with Crippen molar-refractivity contribution in [1.82, 2.24) is 5.43 Å². The Morgan fingerprint density at radius 1 is 1.05 bits per heavy atom. The minimum atomic E-state index is -1.22. The monoisotopic (exact) mass is 296 g/mol. The number of carbonyl (C=O) groups is 1. The van der Waals surface area contributed by atoms with Crippen molar-refractivity contribution in [1.29, 1.82) is 0 Å². The minimum absolute atomic E-state index is 0.478. The van der Waals surface area contributed by atoms with Gasteiger partial charge in [0.1, 0.15) is 0 Å². The van der Waals surface area contributed by atoms with E-state index in [-0.39, 0.29) is 0 Å². The summed E-state index contributed by atoms with van der Waals surface area (Å²) in [5, 5.41) is 13.8. The average molecular weight is 296 g/mol. The lowest BCUT2D eigenvalue weighted by Gasteiger charge is -2.08. The number of nitrogens with zero attached hydrogens (tertiary/aromatic N) is 1. The van der Waals surface area contributed by atoms with Crippen LogP contribution in [-0.2, 0) is 4.79 Å². The van der Waals surface area contributed by atoms with Gasteiger partial charge in [-0.05, 0) is 22.6 Å². The number of nitrogens with one attached hydrogen (secondary N) is 1. The van der Waals surface area contributed by atoms with Gasteiger partial charge in [-0.25, -0.2) is 5.43 Å². The first-order valence-electron chi connectivity index (χ1n) is 7.24. The molecule has 2 N–H and O–H groups in total. The molecule has 2 aromatic carbocycles. The molecular formula is C18H20N2O2. The zero-order chi connectivity index (χ0) is 15.9. The number of amides is 1. The summed E-state index contributed by atoms with van der Waals surface area (Å²) in [6, 6.07) is 16.7. The molecule has 0 fully saturated rings. The maximum absolute atomic E-state index is 11.8. The average Bonchev–Trinajstić information content (AvgIpc) is 2.55. The van der Waals surface area contributed by atoms with E-state index in [1.54, 1.807) is 30.5 Å². The molecule has 0 bridgehead atoms. The fraction of sp³-hybridized carbons (Fsp3) is 0.222. The van der Waals surface area contributed by atoms with Crippen molar-refractivity contribution in [2.75, 3.05) is 0 Å². The van der Waals surface area contributed by atoms with E-state index in [9.17, 15) is 9.90 Å². The van der Waals surface area contributed by atoms with Crippen LogP contribution >= 0.6 is 0 Å². The first-order valence-corrected chi connectivity index (χ1v) is 7.24. The van der Waals surface area contributed by atoms with Crippen molar-refractivity contribution in [3.63, 3.8) is 0 Å². The highest BCUT2D eigenvalue weighted by Crippen LogP contribution is 2.14. The molecule has 0 aliphatic carbocycles. The number of hydrogen-bond acceptors (Lipinski definition) is 3. The van der Waals surface area contributed by atoms with Crippen molar-refractivity contribution in [2.45, 2.75) is 25.9 Å². The first-order chi connectivity index (χ1) is 10.6. The molecular weight excluding hydrogens is 276 g/mol. The Kier molecular flexibility index (Phi) is 5.44. The molecule has 1 unspecified atom stereocenters. The topological polar surface area (TPSA) is 61.7 Å². The normalized spacial score (nSPS) is 12.5. The molecule has 4 heteroatoms. The lowest BCUT2D eigenvalue weighted by Crippen LogP contribution is -2.25. The summed E-state index contributed by atoms with van der Waals surface area (Å²) in [7, 11) is 0. The second-order valence-electron chi connectivity index (χ2n) is 5.37. The quantitative estimate of drug-likeness (QED) is 0.658. The van der Waals surface area contributed by atoms with Gasteiger partial charge in [0.25, 0.3) is 5.91 Å². The van der Waals surface area contributed by atoms with Crippen LogP contribution in [0.25, 0.3) is 0 Å². The second-order valence-corrected chi connectivity index (χ2v) is 5.37. The number of rotatable bonds is 5. The zero-order valence-electron chi connectivity index (χ0n) is 12.7. The van der Waals surface area contributed by atoms with E-state index >= 15 is 0 Å². The van der Waals surface area contributed by atoms with Crippen LogP contribution < -0.4 is 5.43 Å². The second kappa shape index (κ2) is 7.52. The molecule has 22 heavy (non-hydrogen) atoms. The summed E-state index contributed by atoms with van der Waals surface area (Å²) in [6.45, 7) is 4.27. The van der Waals surface area contributed by atoms with Crippen molar-refractivity contribution >= 4 is 12.1 Å². The molecule has 0 heterocycles. The lowest BCUT2D eigenvalue weighted by molar-refractivity contribution is -0.129. The Hall–Kier alpha value is -2.46. The molecule has 0 saturated carbocycles. The fourth-order valence-corrected chi connectivity index (χ4v) is 1.99. The molecule has 0 radical (unpaired) electrons. The van der Waals surface area contributed by atoms with Gasteiger partial charge in [0.05, 0.1) is 6.21 Å². The highest BCUT2D eigenvalue weighted by atomic mass is 16.3. The molecule has 4 nitrogen and oxygen atoms in total. The maximum Gasteiger partial charge on any atom is 0.273 e. The van der Waals surface area contributed by atoms with E-state index in [1.807, 2.05) is 30.3 Å². The first kappa shape index (κ1) is 15.9. The van der Waals surface area contributed by atoms with E-state index in [0.717, 1.165) is 5.56 Å². The summed E-state index contributed by atoms with van der Waals surface area (Å²) in [6.07, 6.45) is 0.335. The van der Waals surface area contributed by atoms with Crippen LogP contribution in [0.2, 0.25) is 0 Å². The molecule has 2 rings (SSSR count). The summed E-state index contributed by atoms with van der Waals surface area (Å²) < 4.78 is 0. The van der Waals surface area contributed by atoms with Gasteiger partial charge in [-0.3, -0.25) is 4.79 Å². The molecule has 0 spiro atoms. The smallest absolute Gasteiger partial charge is 0.273 e. The van der Waals surface area contributed by atoms with Gasteiger partial charge in [-0.15, -0.1) is 0 Å². The third-order valence-corrected chi connectivity index (χ3v) is 3.36. The molecule has 114 valence electrons. The van der Waals surface area contributed by atoms with Gasteiger partial charge in [-0.1, -0.05) is 68.4 Å². The molecule has 0 saturated heterocycles. The van der Waals surface area contributed by atoms with Gasteiger partial charge >= 0.3 is 0 Å². The minimum Gasteiger partial charge on any atom is -0.378 e. The van der Waals surface area contributed by atoms with E-state index in [4.69, 9.17) is 0 Å². The highest BCUT2D eigenvalue weighted by molar-refractivity contribution is 5.85. The Labute approximate surface area is 130 Å². The SMILES string of the molecule is CC(C)c1ccc(C=NNC(=O)C(O)c2ccccc2)cc1. The molecule has 1 amide bonds. The standard InChI is InChI=1S/C18H20N2O2/c1-13(2)15-10-8-14(9-11-15)12-19-20-18(22)17(21)16-6-4-3-5-7-16/h3-13,17,21H,1-2H3,(H,20,22). The zero-order valence-corrected chi connectivity index (χ0v) is 12.7. The number of hydrogen-bond donors (Lipinski definition) is 2. The lowest BCUT2D eigenvalue weighted by atomic mass is 10.0. The van der Waals surface area contributed by atoms with Gasteiger partial charge in [0.15, 0.2) is 6.10 Å². The van der Waals surface area contributed by atoms with E-state index < -0.39 is 12.0 Å². The Morgan fingerprint density at radius 2 is 1.68 bits per heavy atom. The maximum atomic E-state index is 11.8. The van der Waals surface area contributed by atoms with Gasteiger partial charge in [0, 0.05) is 0 Å². The van der Waals surface area contributed by atoms with Crippen LogP contribution in [0.5, 0.6) is 0 Å². The van der Waals surface area contributed by atoms with Crippen LogP contribution in [0.3, 0.4) is 0 Å². The molecule has 1 atom stereocenters. The highest BCUT2D eigenvalue weighted by Gasteiger charge is 2.15. The van der Waals surface area contributed by atoms with Gasteiger partial charge < -0.3 is 5.11 Å². The van der Waals surface area contributed by atoms with Crippen molar-refractivity contribution in [3.8, 4) is 0 Å². The van der Waals surface area contributed by atoms with E-state index in [0.29, 0.717) is 11.5 Å². The third kappa shape index (κ3) is 4.27. The van der Waals surface area contributed by atoms with E-state index in [2.05, 4.69) is 24.4 Å². The molecule has 0 aliphatic rings. The molecule has 0 aromatic heterocycles. The van der Waals surface area contributed by atoms with Crippen LogP contribution in [0.15, 0.2) is 59.7 Å². The number of benzene rings is 2. The van der Waals surface area contributed by atoms with Crippen LogP contribution in [0.4, 0.5) is 0 Å².